The summed E-state index contributed by atoms with van der Waals surface area (Å²) in [6.07, 6.45) is 2.22. The third kappa shape index (κ3) is 5.09. The van der Waals surface area contributed by atoms with Crippen LogP contribution in [-0.4, -0.2) is 55.2 Å². The van der Waals surface area contributed by atoms with E-state index in [0.29, 0.717) is 23.3 Å². The van der Waals surface area contributed by atoms with Crippen molar-refractivity contribution in [2.24, 2.45) is 0 Å². The second kappa shape index (κ2) is 8.86. The zero-order valence-corrected chi connectivity index (χ0v) is 18.5. The summed E-state index contributed by atoms with van der Waals surface area (Å²) in [5.41, 5.74) is 10.5. The summed E-state index contributed by atoms with van der Waals surface area (Å²) in [6.45, 7) is 1.90. The quantitative estimate of drug-likeness (QED) is 0.229. The molecule has 172 valence electrons. The van der Waals surface area contributed by atoms with Crippen LogP contribution in [-0.2, 0) is 10.1 Å². The maximum Gasteiger partial charge on any atom is 0.261 e. The first-order chi connectivity index (χ1) is 15.1. The van der Waals surface area contributed by atoms with Crippen LogP contribution in [0.15, 0.2) is 54.7 Å². The number of nitrogens with one attached hydrogen (secondary N) is 2. The van der Waals surface area contributed by atoms with Crippen molar-refractivity contribution in [1.29, 1.82) is 0 Å². The first kappa shape index (κ1) is 23.7. The Morgan fingerprint density at radius 1 is 1.09 bits per heavy atom. The molecule has 12 heteroatoms. The number of imidazole rings is 1. The number of ketones is 1. The fourth-order valence-electron chi connectivity index (χ4n) is 3.34. The SMILES string of the molecule is CS(=O)(=O)O.Cc1nc2ccc(-n3ncc(C(=O)c4cc5ccccc5[nH]4)c3N)cc2[nH]1.O. The van der Waals surface area contributed by atoms with E-state index in [2.05, 4.69) is 20.1 Å². The van der Waals surface area contributed by atoms with E-state index in [0.717, 1.165) is 33.4 Å². The number of para-hydroxylation sites is 1. The van der Waals surface area contributed by atoms with Crippen LogP contribution in [0.1, 0.15) is 21.9 Å². The van der Waals surface area contributed by atoms with Crippen molar-refractivity contribution in [3.8, 4) is 5.69 Å². The summed E-state index contributed by atoms with van der Waals surface area (Å²) >= 11 is 0. The van der Waals surface area contributed by atoms with Gasteiger partial charge in [0.25, 0.3) is 10.1 Å². The van der Waals surface area contributed by atoms with E-state index in [9.17, 15) is 13.2 Å². The first-order valence-electron chi connectivity index (χ1n) is 9.45. The highest BCUT2D eigenvalue weighted by atomic mass is 32.2. The van der Waals surface area contributed by atoms with Crippen LogP contribution in [0.2, 0.25) is 0 Å². The Balaban J connectivity index is 0.000000465. The number of aromatic nitrogens is 5. The number of benzene rings is 2. The lowest BCUT2D eigenvalue weighted by atomic mass is 10.1. The topological polar surface area (TPSA) is 191 Å². The summed E-state index contributed by atoms with van der Waals surface area (Å²) in [7, 11) is -3.67. The van der Waals surface area contributed by atoms with Crippen molar-refractivity contribution in [3.05, 3.63) is 71.8 Å². The molecule has 3 aromatic heterocycles. The van der Waals surface area contributed by atoms with E-state index in [1.807, 2.05) is 55.5 Å². The lowest BCUT2D eigenvalue weighted by molar-refractivity contribution is 0.103. The molecule has 0 radical (unpaired) electrons. The van der Waals surface area contributed by atoms with Gasteiger partial charge in [-0.2, -0.15) is 13.5 Å². The van der Waals surface area contributed by atoms with Gasteiger partial charge in [0.1, 0.15) is 11.6 Å². The molecule has 0 atom stereocenters. The van der Waals surface area contributed by atoms with Gasteiger partial charge in [0.05, 0.1) is 40.4 Å². The summed E-state index contributed by atoms with van der Waals surface area (Å²) in [5.74, 6) is 0.952. The van der Waals surface area contributed by atoms with E-state index in [-0.39, 0.29) is 11.3 Å². The lowest BCUT2D eigenvalue weighted by Gasteiger charge is -2.05. The molecular formula is C21H22N6O5S. The molecule has 7 N–H and O–H groups in total. The highest BCUT2D eigenvalue weighted by Crippen LogP contribution is 2.24. The van der Waals surface area contributed by atoms with E-state index < -0.39 is 10.1 Å². The number of anilines is 1. The maximum absolute atomic E-state index is 12.9. The minimum Gasteiger partial charge on any atom is -0.412 e. The molecule has 0 bridgehead atoms. The van der Waals surface area contributed by atoms with Crippen LogP contribution in [0.3, 0.4) is 0 Å². The monoisotopic (exact) mass is 470 g/mol. The van der Waals surface area contributed by atoms with Gasteiger partial charge in [-0.1, -0.05) is 18.2 Å². The average molecular weight is 471 g/mol. The van der Waals surface area contributed by atoms with Gasteiger partial charge in [-0.25, -0.2) is 9.67 Å². The predicted octanol–water partition coefficient (Wildman–Crippen LogP) is 2.03. The van der Waals surface area contributed by atoms with Gasteiger partial charge in [-0.05, 0) is 37.3 Å². The number of carbonyl (C=O) groups is 1. The third-order valence-corrected chi connectivity index (χ3v) is 4.65. The minimum absolute atomic E-state index is 0. The largest absolute Gasteiger partial charge is 0.412 e. The smallest absolute Gasteiger partial charge is 0.261 e. The minimum atomic E-state index is -3.67. The van der Waals surface area contributed by atoms with Gasteiger partial charge in [0.15, 0.2) is 0 Å². The Bertz CT molecular complexity index is 1520. The van der Waals surface area contributed by atoms with E-state index in [1.165, 1.54) is 6.20 Å². The lowest BCUT2D eigenvalue weighted by Crippen LogP contribution is -2.07. The first-order valence-corrected chi connectivity index (χ1v) is 11.3. The molecule has 3 heterocycles. The molecule has 0 saturated carbocycles. The number of aromatic amines is 2. The average Bonchev–Trinajstić information content (AvgIpc) is 3.40. The van der Waals surface area contributed by atoms with E-state index >= 15 is 0 Å². The zero-order chi connectivity index (χ0) is 23.0. The zero-order valence-electron chi connectivity index (χ0n) is 17.7. The molecule has 5 aromatic rings. The Kier molecular flexibility index (Phi) is 6.35. The Morgan fingerprint density at radius 3 is 2.48 bits per heavy atom. The van der Waals surface area contributed by atoms with E-state index in [1.54, 1.807) is 4.68 Å². The van der Waals surface area contributed by atoms with Gasteiger partial charge in [0, 0.05) is 10.9 Å². The van der Waals surface area contributed by atoms with Gasteiger partial charge >= 0.3 is 0 Å². The van der Waals surface area contributed by atoms with Crippen molar-refractivity contribution in [2.45, 2.75) is 6.92 Å². The van der Waals surface area contributed by atoms with Gasteiger partial charge in [0.2, 0.25) is 5.78 Å². The molecule has 0 amide bonds. The summed E-state index contributed by atoms with van der Waals surface area (Å²) < 4.78 is 27.4. The normalized spacial score (nSPS) is 11.1. The maximum atomic E-state index is 12.9. The van der Waals surface area contributed by atoms with Gasteiger partial charge < -0.3 is 21.2 Å². The number of H-pyrrole nitrogens is 2. The number of hydrogen-bond acceptors (Lipinski definition) is 6. The molecule has 5 rings (SSSR count). The van der Waals surface area contributed by atoms with E-state index in [4.69, 9.17) is 10.3 Å². The number of nitrogens with zero attached hydrogens (tertiary/aromatic N) is 3. The van der Waals surface area contributed by atoms with Crippen LogP contribution in [0.5, 0.6) is 0 Å². The number of fused-ring (bicyclic) bond motifs is 2. The number of nitrogen functional groups attached to an aromatic ring is 1. The Hall–Kier alpha value is -4.00. The van der Waals surface area contributed by atoms with Crippen LogP contribution >= 0.6 is 0 Å². The predicted molar refractivity (Wildman–Crippen MR) is 125 cm³/mol. The van der Waals surface area contributed by atoms with Crippen molar-refractivity contribution in [2.75, 3.05) is 12.0 Å². The number of nitrogens with two attached hydrogens (primary N) is 1. The number of aryl methyl sites for hydroxylation is 1. The van der Waals surface area contributed by atoms with Crippen molar-refractivity contribution < 1.29 is 23.2 Å². The highest BCUT2D eigenvalue weighted by Gasteiger charge is 2.19. The molecule has 33 heavy (non-hydrogen) atoms. The van der Waals surface area contributed by atoms with Crippen molar-refractivity contribution in [1.82, 2.24) is 24.7 Å². The summed E-state index contributed by atoms with van der Waals surface area (Å²) in [5, 5.41) is 5.30. The molecule has 0 spiro atoms. The number of rotatable bonds is 3. The van der Waals surface area contributed by atoms with Crippen molar-refractivity contribution >= 4 is 43.7 Å². The van der Waals surface area contributed by atoms with Gasteiger partial charge in [-0.15, -0.1) is 0 Å². The van der Waals surface area contributed by atoms with Crippen LogP contribution in [0.4, 0.5) is 5.82 Å². The molecule has 0 aliphatic rings. The molecule has 0 aliphatic carbocycles. The molecule has 0 aliphatic heterocycles. The number of hydrogen-bond donors (Lipinski definition) is 4. The van der Waals surface area contributed by atoms with Crippen molar-refractivity contribution in [3.63, 3.8) is 0 Å². The molecular weight excluding hydrogens is 448 g/mol. The number of carbonyl (C=O) groups excluding carboxylic acids is 1. The molecule has 0 unspecified atom stereocenters. The molecule has 0 fully saturated rings. The Labute approximate surface area is 188 Å². The van der Waals surface area contributed by atoms with Gasteiger partial charge in [-0.3, -0.25) is 9.35 Å². The fraction of sp³-hybridized carbons (Fsp3) is 0.0952. The molecule has 11 nitrogen and oxygen atoms in total. The van der Waals surface area contributed by atoms with Crippen LogP contribution in [0.25, 0.3) is 27.6 Å². The van der Waals surface area contributed by atoms with Crippen LogP contribution in [0, 0.1) is 6.92 Å². The Morgan fingerprint density at radius 2 is 1.79 bits per heavy atom. The third-order valence-electron chi connectivity index (χ3n) is 4.65. The standard InChI is InChI=1S/C20H16N6O.CH4O3S.H2O/c1-11-23-16-7-6-13(9-17(16)24-11)26-20(21)14(10-22-26)19(27)18-8-12-4-2-3-5-15(12)25-18;1-5(2,3)4;/h2-10,25H,21H2,1H3,(H,23,24);1H3,(H,2,3,4);1H2. The fourth-order valence-corrected chi connectivity index (χ4v) is 3.34. The summed E-state index contributed by atoms with van der Waals surface area (Å²) in [6, 6.07) is 15.3. The molecule has 2 aromatic carbocycles. The van der Waals surface area contributed by atoms with Crippen LogP contribution < -0.4 is 5.73 Å². The second-order valence-electron chi connectivity index (χ2n) is 7.21. The highest BCUT2D eigenvalue weighted by molar-refractivity contribution is 7.85. The molecule has 0 saturated heterocycles. The summed E-state index contributed by atoms with van der Waals surface area (Å²) in [4.78, 5) is 23.6. The second-order valence-corrected chi connectivity index (χ2v) is 8.68.